The molecule has 2 aromatic heterocycles. The molecular formula is C19H20N4O2. The van der Waals surface area contributed by atoms with E-state index in [1.54, 1.807) is 42.9 Å². The molecule has 0 unspecified atom stereocenters. The van der Waals surface area contributed by atoms with Gasteiger partial charge in [0.25, 0.3) is 5.91 Å². The zero-order valence-electron chi connectivity index (χ0n) is 14.7. The minimum atomic E-state index is -0.648. The van der Waals surface area contributed by atoms with Gasteiger partial charge in [0.05, 0.1) is 5.56 Å². The second-order valence-corrected chi connectivity index (χ2v) is 5.33. The Labute approximate surface area is 146 Å². The molecule has 3 N–H and O–H groups in total. The molecule has 1 amide bonds. The molecule has 0 atom stereocenters. The van der Waals surface area contributed by atoms with E-state index in [0.29, 0.717) is 27.7 Å². The molecule has 6 heteroatoms. The summed E-state index contributed by atoms with van der Waals surface area (Å²) >= 11 is 0. The predicted molar refractivity (Wildman–Crippen MR) is 97.1 cm³/mol. The van der Waals surface area contributed by atoms with Crippen molar-refractivity contribution in [3.8, 4) is 22.9 Å². The molecule has 0 aliphatic rings. The van der Waals surface area contributed by atoms with E-state index in [1.807, 2.05) is 19.9 Å². The molecule has 0 aliphatic carbocycles. The Morgan fingerprint density at radius 2 is 2.00 bits per heavy atom. The normalized spacial score (nSPS) is 10.0. The van der Waals surface area contributed by atoms with Gasteiger partial charge >= 0.3 is 0 Å². The van der Waals surface area contributed by atoms with Gasteiger partial charge in [-0.15, -0.1) is 0 Å². The van der Waals surface area contributed by atoms with Crippen molar-refractivity contribution in [3.05, 3.63) is 47.3 Å². The third-order valence-corrected chi connectivity index (χ3v) is 3.89. The van der Waals surface area contributed by atoms with E-state index in [2.05, 4.69) is 11.1 Å². The van der Waals surface area contributed by atoms with Crippen LogP contribution in [0.1, 0.15) is 35.5 Å². The summed E-state index contributed by atoms with van der Waals surface area (Å²) < 4.78 is 1.68. The minimum absolute atomic E-state index is 0.112. The number of carbonyl (C=O) groups is 1. The fourth-order valence-electron chi connectivity index (χ4n) is 2.71. The summed E-state index contributed by atoms with van der Waals surface area (Å²) in [6, 6.07) is 8.83. The molecule has 3 rings (SSSR count). The average molecular weight is 336 g/mol. The number of hydrogen-bond donors (Lipinski definition) is 2. The van der Waals surface area contributed by atoms with Crippen molar-refractivity contribution >= 4 is 16.9 Å². The van der Waals surface area contributed by atoms with Crippen LogP contribution >= 0.6 is 0 Å². The van der Waals surface area contributed by atoms with Gasteiger partial charge in [0.1, 0.15) is 23.2 Å². The number of aryl methyl sites for hydroxylation is 1. The molecule has 0 saturated heterocycles. The highest BCUT2D eigenvalue weighted by Crippen LogP contribution is 2.36. The molecular weight excluding hydrogens is 316 g/mol. The smallest absolute Gasteiger partial charge is 0.267 e. The molecule has 0 radical (unpaired) electrons. The molecule has 0 spiro atoms. The van der Waals surface area contributed by atoms with Crippen LogP contribution in [0, 0.1) is 18.3 Å². The standard InChI is InChI=1S/C17H14N4O2.C2H6/c1-9-11(4-3-5-14(9)22)12-6-13(16(19)23)20-17-15(12)10(7-18)8-21(17)2;1-2/h3-6,8,22H,1-2H3,(H2,19,23);1-2H3. The number of carbonyl (C=O) groups excluding carboxylic acids is 1. The Balaban J connectivity index is 0.00000109. The van der Waals surface area contributed by atoms with Gasteiger partial charge in [0.2, 0.25) is 0 Å². The van der Waals surface area contributed by atoms with E-state index < -0.39 is 5.91 Å². The fourth-order valence-corrected chi connectivity index (χ4v) is 2.71. The quantitative estimate of drug-likeness (QED) is 0.749. The van der Waals surface area contributed by atoms with E-state index >= 15 is 0 Å². The van der Waals surface area contributed by atoms with Crippen molar-refractivity contribution in [2.45, 2.75) is 20.8 Å². The first kappa shape index (κ1) is 18.0. The number of nitriles is 1. The largest absolute Gasteiger partial charge is 0.508 e. The number of phenolic OH excluding ortho intramolecular Hbond substituents is 1. The Morgan fingerprint density at radius 1 is 1.32 bits per heavy atom. The first-order valence-electron chi connectivity index (χ1n) is 7.93. The highest BCUT2D eigenvalue weighted by Gasteiger charge is 2.19. The first-order valence-corrected chi connectivity index (χ1v) is 7.93. The van der Waals surface area contributed by atoms with E-state index in [4.69, 9.17) is 5.73 Å². The summed E-state index contributed by atoms with van der Waals surface area (Å²) in [5.41, 5.74) is 8.47. The van der Waals surface area contributed by atoms with Crippen molar-refractivity contribution in [3.63, 3.8) is 0 Å². The number of primary amides is 1. The zero-order chi connectivity index (χ0) is 18.7. The molecule has 6 nitrogen and oxygen atoms in total. The molecule has 3 aromatic rings. The number of hydrogen-bond acceptors (Lipinski definition) is 4. The third kappa shape index (κ3) is 3.04. The second-order valence-electron chi connectivity index (χ2n) is 5.33. The first-order chi connectivity index (χ1) is 11.9. The average Bonchev–Trinajstić information content (AvgIpc) is 2.94. The van der Waals surface area contributed by atoms with Crippen LogP contribution in [0.4, 0.5) is 0 Å². The summed E-state index contributed by atoms with van der Waals surface area (Å²) in [7, 11) is 1.75. The van der Waals surface area contributed by atoms with Crippen LogP contribution in [-0.2, 0) is 7.05 Å². The maximum Gasteiger partial charge on any atom is 0.267 e. The van der Waals surface area contributed by atoms with Gasteiger partial charge in [-0.3, -0.25) is 4.79 Å². The van der Waals surface area contributed by atoms with Gasteiger partial charge < -0.3 is 15.4 Å². The van der Waals surface area contributed by atoms with Crippen molar-refractivity contribution in [1.29, 1.82) is 5.26 Å². The summed E-state index contributed by atoms with van der Waals surface area (Å²) in [5.74, 6) is -0.506. The van der Waals surface area contributed by atoms with E-state index in [0.717, 1.165) is 5.56 Å². The number of fused-ring (bicyclic) bond motifs is 1. The summed E-state index contributed by atoms with van der Waals surface area (Å²) in [5, 5.41) is 20.0. The Kier molecular flexibility index (Phi) is 5.08. The molecule has 1 aromatic carbocycles. The number of benzene rings is 1. The predicted octanol–water partition coefficient (Wildman–Crippen LogP) is 3.25. The highest BCUT2D eigenvalue weighted by atomic mass is 16.3. The van der Waals surface area contributed by atoms with Gasteiger partial charge in [-0.25, -0.2) is 4.98 Å². The minimum Gasteiger partial charge on any atom is -0.508 e. The molecule has 0 aliphatic heterocycles. The van der Waals surface area contributed by atoms with Crippen LogP contribution in [0.15, 0.2) is 30.5 Å². The Morgan fingerprint density at radius 3 is 2.60 bits per heavy atom. The van der Waals surface area contributed by atoms with E-state index in [1.165, 1.54) is 0 Å². The van der Waals surface area contributed by atoms with Gasteiger partial charge in [-0.2, -0.15) is 5.26 Å². The summed E-state index contributed by atoms with van der Waals surface area (Å²) in [6.07, 6.45) is 1.66. The fraction of sp³-hybridized carbons (Fsp3) is 0.211. The number of nitrogens with two attached hydrogens (primary N) is 1. The van der Waals surface area contributed by atoms with E-state index in [-0.39, 0.29) is 11.4 Å². The van der Waals surface area contributed by atoms with Gasteiger partial charge in [0.15, 0.2) is 0 Å². The van der Waals surface area contributed by atoms with Gasteiger partial charge in [-0.05, 0) is 35.7 Å². The topological polar surface area (TPSA) is 105 Å². The monoisotopic (exact) mass is 336 g/mol. The summed E-state index contributed by atoms with van der Waals surface area (Å²) in [6.45, 7) is 5.77. The van der Waals surface area contributed by atoms with Crippen LogP contribution in [-0.4, -0.2) is 20.6 Å². The lowest BCUT2D eigenvalue weighted by atomic mass is 9.96. The SMILES string of the molecule is CC.Cc1c(O)cccc1-c1cc(C(N)=O)nc2c1c(C#N)cn2C. The second kappa shape index (κ2) is 7.05. The molecule has 2 heterocycles. The maximum absolute atomic E-state index is 11.6. The number of amides is 1. The number of pyridine rings is 1. The molecule has 0 saturated carbocycles. The lowest BCUT2D eigenvalue weighted by Crippen LogP contribution is -2.13. The number of aromatic nitrogens is 2. The van der Waals surface area contributed by atoms with Crippen LogP contribution < -0.4 is 5.73 Å². The van der Waals surface area contributed by atoms with Crippen LogP contribution in [0.3, 0.4) is 0 Å². The van der Waals surface area contributed by atoms with Crippen LogP contribution in [0.5, 0.6) is 5.75 Å². The summed E-state index contributed by atoms with van der Waals surface area (Å²) in [4.78, 5) is 15.9. The van der Waals surface area contributed by atoms with Crippen LogP contribution in [0.25, 0.3) is 22.2 Å². The molecule has 0 fully saturated rings. The van der Waals surface area contributed by atoms with Crippen molar-refractivity contribution < 1.29 is 9.90 Å². The number of phenols is 1. The highest BCUT2D eigenvalue weighted by molar-refractivity contribution is 6.03. The van der Waals surface area contributed by atoms with Crippen molar-refractivity contribution in [2.24, 2.45) is 12.8 Å². The van der Waals surface area contributed by atoms with E-state index in [9.17, 15) is 15.2 Å². The molecule has 25 heavy (non-hydrogen) atoms. The van der Waals surface area contributed by atoms with Crippen LogP contribution in [0.2, 0.25) is 0 Å². The Bertz CT molecular complexity index is 997. The number of rotatable bonds is 2. The maximum atomic E-state index is 11.6. The third-order valence-electron chi connectivity index (χ3n) is 3.89. The zero-order valence-corrected chi connectivity index (χ0v) is 14.7. The number of nitrogens with zero attached hydrogens (tertiary/aromatic N) is 3. The Hall–Kier alpha value is -3.33. The lowest BCUT2D eigenvalue weighted by Gasteiger charge is -2.11. The van der Waals surface area contributed by atoms with Crippen molar-refractivity contribution in [1.82, 2.24) is 9.55 Å². The molecule has 0 bridgehead atoms. The lowest BCUT2D eigenvalue weighted by molar-refractivity contribution is 0.0996. The molecule has 128 valence electrons. The van der Waals surface area contributed by atoms with Gasteiger partial charge in [0, 0.05) is 18.6 Å². The number of aromatic hydroxyl groups is 1. The van der Waals surface area contributed by atoms with Crippen molar-refractivity contribution in [2.75, 3.05) is 0 Å². The van der Waals surface area contributed by atoms with Gasteiger partial charge in [-0.1, -0.05) is 26.0 Å².